The standard InChI is InChI=1S/C22H29ClN2O/c1-14-10-11-25(20-9-4-3-6-16(14)20)21(26)12-15(2)17-13-24-19-8-5-7-18(23)22(17)19/h5,7-8,13-16,20,24H,3-4,6,9-12H2,1-2H3. The van der Waals surface area contributed by atoms with E-state index in [1.54, 1.807) is 0 Å². The van der Waals surface area contributed by atoms with Gasteiger partial charge in [-0.2, -0.15) is 0 Å². The molecule has 2 aliphatic rings. The molecule has 0 bridgehead atoms. The van der Waals surface area contributed by atoms with Gasteiger partial charge < -0.3 is 9.88 Å². The van der Waals surface area contributed by atoms with E-state index in [9.17, 15) is 4.79 Å². The number of carbonyl (C=O) groups excluding carboxylic acids is 1. The Labute approximate surface area is 161 Å². The summed E-state index contributed by atoms with van der Waals surface area (Å²) in [5.41, 5.74) is 2.20. The second-order valence-electron chi connectivity index (χ2n) is 8.38. The van der Waals surface area contributed by atoms with E-state index < -0.39 is 0 Å². The molecule has 1 amide bonds. The molecule has 4 rings (SSSR count). The van der Waals surface area contributed by atoms with Crippen LogP contribution in [-0.4, -0.2) is 28.4 Å². The summed E-state index contributed by atoms with van der Waals surface area (Å²) in [5, 5.41) is 1.83. The third-order valence-electron chi connectivity index (χ3n) is 6.76. The van der Waals surface area contributed by atoms with Crippen molar-refractivity contribution in [2.75, 3.05) is 6.54 Å². The van der Waals surface area contributed by atoms with E-state index in [0.717, 1.165) is 40.4 Å². The summed E-state index contributed by atoms with van der Waals surface area (Å²) >= 11 is 6.42. The first-order chi connectivity index (χ1) is 12.6. The van der Waals surface area contributed by atoms with Gasteiger partial charge in [-0.15, -0.1) is 0 Å². The maximum Gasteiger partial charge on any atom is 0.223 e. The molecule has 4 atom stereocenters. The SMILES string of the molecule is CC(CC(=O)N1CCC(C)C2CCCCC21)c1c[nH]c2cccc(Cl)c12. The highest BCUT2D eigenvalue weighted by atomic mass is 35.5. The number of piperidine rings is 1. The van der Waals surface area contributed by atoms with Crippen LogP contribution < -0.4 is 0 Å². The summed E-state index contributed by atoms with van der Waals surface area (Å²) < 4.78 is 0. The quantitative estimate of drug-likeness (QED) is 0.732. The fraction of sp³-hybridized carbons (Fsp3) is 0.591. The molecule has 2 heterocycles. The molecular weight excluding hydrogens is 344 g/mol. The van der Waals surface area contributed by atoms with Crippen molar-refractivity contribution < 1.29 is 4.79 Å². The molecule has 2 fully saturated rings. The van der Waals surface area contributed by atoms with Gasteiger partial charge in [0.1, 0.15) is 0 Å². The number of halogens is 1. The van der Waals surface area contributed by atoms with Crippen molar-refractivity contribution in [2.24, 2.45) is 11.8 Å². The number of aromatic nitrogens is 1. The molecule has 1 aromatic carbocycles. The van der Waals surface area contributed by atoms with Gasteiger partial charge in [-0.1, -0.05) is 44.4 Å². The van der Waals surface area contributed by atoms with Crippen LogP contribution in [-0.2, 0) is 4.79 Å². The number of fused-ring (bicyclic) bond motifs is 2. The predicted molar refractivity (Wildman–Crippen MR) is 108 cm³/mol. The van der Waals surface area contributed by atoms with Gasteiger partial charge in [-0.25, -0.2) is 0 Å². The minimum atomic E-state index is 0.164. The molecular formula is C22H29ClN2O. The number of nitrogens with zero attached hydrogens (tertiary/aromatic N) is 1. The van der Waals surface area contributed by atoms with Crippen LogP contribution in [0.5, 0.6) is 0 Å². The third kappa shape index (κ3) is 3.15. The number of likely N-dealkylation sites (tertiary alicyclic amines) is 1. The Morgan fingerprint density at radius 1 is 1.31 bits per heavy atom. The largest absolute Gasteiger partial charge is 0.361 e. The molecule has 0 spiro atoms. The van der Waals surface area contributed by atoms with E-state index >= 15 is 0 Å². The van der Waals surface area contributed by atoms with Crippen LogP contribution >= 0.6 is 11.6 Å². The molecule has 4 unspecified atom stereocenters. The summed E-state index contributed by atoms with van der Waals surface area (Å²) in [6.07, 6.45) is 8.83. The lowest BCUT2D eigenvalue weighted by Gasteiger charge is -2.47. The minimum Gasteiger partial charge on any atom is -0.361 e. The predicted octanol–water partition coefficient (Wildman–Crippen LogP) is 5.74. The molecule has 3 nitrogen and oxygen atoms in total. The van der Waals surface area contributed by atoms with Gasteiger partial charge >= 0.3 is 0 Å². The number of benzene rings is 1. The Morgan fingerprint density at radius 2 is 2.12 bits per heavy atom. The third-order valence-corrected chi connectivity index (χ3v) is 7.07. The first kappa shape index (κ1) is 17.9. The fourth-order valence-electron chi connectivity index (χ4n) is 5.27. The molecule has 26 heavy (non-hydrogen) atoms. The topological polar surface area (TPSA) is 36.1 Å². The van der Waals surface area contributed by atoms with Crippen LogP contribution in [0.25, 0.3) is 10.9 Å². The summed E-state index contributed by atoms with van der Waals surface area (Å²) in [7, 11) is 0. The summed E-state index contributed by atoms with van der Waals surface area (Å²) in [6, 6.07) is 6.39. The first-order valence-corrected chi connectivity index (χ1v) is 10.5. The van der Waals surface area contributed by atoms with Gasteiger partial charge in [-0.3, -0.25) is 4.79 Å². The maximum absolute atomic E-state index is 13.2. The van der Waals surface area contributed by atoms with Crippen molar-refractivity contribution in [3.8, 4) is 0 Å². The van der Waals surface area contributed by atoms with E-state index in [1.807, 2.05) is 24.4 Å². The Balaban J connectivity index is 1.52. The number of hydrogen-bond donors (Lipinski definition) is 1. The van der Waals surface area contributed by atoms with Crippen molar-refractivity contribution in [1.29, 1.82) is 0 Å². The summed E-state index contributed by atoms with van der Waals surface area (Å²) in [6.45, 7) is 5.46. The lowest BCUT2D eigenvalue weighted by molar-refractivity contribution is -0.139. The van der Waals surface area contributed by atoms with Gasteiger partial charge in [0.05, 0.1) is 5.02 Å². The van der Waals surface area contributed by atoms with Crippen molar-refractivity contribution in [2.45, 2.75) is 64.3 Å². The number of H-pyrrole nitrogens is 1. The zero-order valence-corrected chi connectivity index (χ0v) is 16.6. The van der Waals surface area contributed by atoms with Gasteiger partial charge in [0.25, 0.3) is 0 Å². The molecule has 1 aliphatic heterocycles. The second-order valence-corrected chi connectivity index (χ2v) is 8.79. The van der Waals surface area contributed by atoms with Gasteiger partial charge in [0.15, 0.2) is 0 Å². The lowest BCUT2D eigenvalue weighted by atomic mass is 9.72. The molecule has 1 aliphatic carbocycles. The molecule has 1 saturated heterocycles. The number of carbonyl (C=O) groups is 1. The van der Waals surface area contributed by atoms with Crippen LogP contribution in [0.4, 0.5) is 0 Å². The smallest absolute Gasteiger partial charge is 0.223 e. The Morgan fingerprint density at radius 3 is 2.96 bits per heavy atom. The lowest BCUT2D eigenvalue weighted by Crippen LogP contribution is -2.52. The number of nitrogens with one attached hydrogen (secondary N) is 1. The van der Waals surface area contributed by atoms with Crippen LogP contribution in [0.15, 0.2) is 24.4 Å². The number of rotatable bonds is 3. The van der Waals surface area contributed by atoms with Crippen molar-refractivity contribution in [3.05, 3.63) is 35.0 Å². The number of aromatic amines is 1. The van der Waals surface area contributed by atoms with Crippen molar-refractivity contribution in [3.63, 3.8) is 0 Å². The first-order valence-electron chi connectivity index (χ1n) is 10.1. The monoisotopic (exact) mass is 372 g/mol. The Kier molecular flexibility index (Phi) is 5.00. The average molecular weight is 373 g/mol. The molecule has 2 aromatic rings. The fourth-order valence-corrected chi connectivity index (χ4v) is 5.55. The highest BCUT2D eigenvalue weighted by Gasteiger charge is 2.39. The van der Waals surface area contributed by atoms with E-state index in [1.165, 1.54) is 25.7 Å². The average Bonchev–Trinajstić information content (AvgIpc) is 3.08. The zero-order chi connectivity index (χ0) is 18.3. The van der Waals surface area contributed by atoms with Crippen LogP contribution in [0, 0.1) is 11.8 Å². The second kappa shape index (κ2) is 7.26. The molecule has 1 saturated carbocycles. The van der Waals surface area contributed by atoms with E-state index in [4.69, 9.17) is 11.6 Å². The van der Waals surface area contributed by atoms with E-state index in [2.05, 4.69) is 23.7 Å². The molecule has 140 valence electrons. The van der Waals surface area contributed by atoms with Crippen LogP contribution in [0.1, 0.15) is 63.9 Å². The van der Waals surface area contributed by atoms with E-state index in [-0.39, 0.29) is 5.92 Å². The van der Waals surface area contributed by atoms with E-state index in [0.29, 0.717) is 24.3 Å². The molecule has 4 heteroatoms. The highest BCUT2D eigenvalue weighted by molar-refractivity contribution is 6.35. The van der Waals surface area contributed by atoms with Gasteiger partial charge in [0, 0.05) is 36.1 Å². The minimum absolute atomic E-state index is 0.164. The Bertz CT molecular complexity index is 799. The summed E-state index contributed by atoms with van der Waals surface area (Å²) in [5.74, 6) is 1.95. The molecule has 1 N–H and O–H groups in total. The van der Waals surface area contributed by atoms with Crippen LogP contribution in [0.3, 0.4) is 0 Å². The summed E-state index contributed by atoms with van der Waals surface area (Å²) in [4.78, 5) is 18.7. The molecule has 1 aromatic heterocycles. The highest BCUT2D eigenvalue weighted by Crippen LogP contribution is 2.40. The maximum atomic E-state index is 13.2. The van der Waals surface area contributed by atoms with Crippen molar-refractivity contribution >= 4 is 28.4 Å². The number of amides is 1. The zero-order valence-electron chi connectivity index (χ0n) is 15.8. The van der Waals surface area contributed by atoms with Crippen LogP contribution in [0.2, 0.25) is 5.02 Å². The van der Waals surface area contributed by atoms with Crippen molar-refractivity contribution in [1.82, 2.24) is 9.88 Å². The van der Waals surface area contributed by atoms with Gasteiger partial charge in [0.2, 0.25) is 5.91 Å². The Hall–Kier alpha value is -1.48. The normalized spacial score (nSPS) is 27.3. The number of hydrogen-bond acceptors (Lipinski definition) is 1. The van der Waals surface area contributed by atoms with Gasteiger partial charge in [-0.05, 0) is 54.7 Å². The molecule has 0 radical (unpaired) electrons.